The Hall–Kier alpha value is 0.690. The molecule has 0 saturated heterocycles. The van der Waals surface area contributed by atoms with Crippen molar-refractivity contribution in [2.75, 3.05) is 0 Å². The number of hydrogen-bond acceptors (Lipinski definition) is 1. The van der Waals surface area contributed by atoms with Crippen molar-refractivity contribution < 1.29 is 5.11 Å². The molecule has 2 rings (SSSR count). The van der Waals surface area contributed by atoms with Gasteiger partial charge in [0, 0.05) is 3.92 Å². The normalized spacial score (nSPS) is 56.7. The summed E-state index contributed by atoms with van der Waals surface area (Å²) >= 11 is 2.48. The molecule has 0 amide bonds. The van der Waals surface area contributed by atoms with E-state index in [2.05, 4.69) is 22.6 Å². The van der Waals surface area contributed by atoms with Crippen molar-refractivity contribution in [2.24, 2.45) is 11.8 Å². The van der Waals surface area contributed by atoms with E-state index in [0.717, 1.165) is 3.92 Å². The van der Waals surface area contributed by atoms with Crippen LogP contribution in [0.3, 0.4) is 0 Å². The van der Waals surface area contributed by atoms with Gasteiger partial charge in [-0.15, -0.1) is 0 Å². The SMILES string of the molecule is OC1C2CCC1C(I)C2. The molecule has 2 saturated carbocycles. The van der Waals surface area contributed by atoms with Crippen molar-refractivity contribution in [3.8, 4) is 0 Å². The summed E-state index contributed by atoms with van der Waals surface area (Å²) in [6, 6.07) is 0. The molecule has 4 atom stereocenters. The van der Waals surface area contributed by atoms with E-state index in [9.17, 15) is 5.11 Å². The summed E-state index contributed by atoms with van der Waals surface area (Å²) in [5.41, 5.74) is 0. The largest absolute Gasteiger partial charge is 0.393 e. The first-order valence-corrected chi connectivity index (χ1v) is 4.86. The van der Waals surface area contributed by atoms with Gasteiger partial charge >= 0.3 is 0 Å². The Morgan fingerprint density at radius 1 is 1.33 bits per heavy atom. The van der Waals surface area contributed by atoms with Crippen molar-refractivity contribution >= 4 is 22.6 Å². The third kappa shape index (κ3) is 0.827. The van der Waals surface area contributed by atoms with E-state index in [1.54, 1.807) is 0 Å². The molecule has 0 aliphatic heterocycles. The van der Waals surface area contributed by atoms with Crippen molar-refractivity contribution in [2.45, 2.75) is 29.3 Å². The van der Waals surface area contributed by atoms with E-state index in [-0.39, 0.29) is 6.10 Å². The van der Waals surface area contributed by atoms with Gasteiger partial charge in [-0.25, -0.2) is 0 Å². The lowest BCUT2D eigenvalue weighted by Gasteiger charge is -2.13. The van der Waals surface area contributed by atoms with E-state index in [4.69, 9.17) is 0 Å². The number of rotatable bonds is 0. The zero-order valence-corrected chi connectivity index (χ0v) is 7.41. The molecule has 2 aliphatic rings. The molecule has 52 valence electrons. The first-order valence-electron chi connectivity index (χ1n) is 3.61. The highest BCUT2D eigenvalue weighted by atomic mass is 127. The number of halogens is 1. The standard InChI is InChI=1S/C7H11IO/c8-6-3-4-1-2-5(6)7(4)9/h4-7,9H,1-3H2. The van der Waals surface area contributed by atoms with Crippen LogP contribution in [0, 0.1) is 11.8 Å². The Morgan fingerprint density at radius 2 is 2.11 bits per heavy atom. The van der Waals surface area contributed by atoms with Gasteiger partial charge in [-0.05, 0) is 31.1 Å². The molecule has 2 heteroatoms. The second-order valence-electron chi connectivity index (χ2n) is 3.24. The Kier molecular flexibility index (Phi) is 1.49. The van der Waals surface area contributed by atoms with Crippen LogP contribution >= 0.6 is 22.6 Å². The highest BCUT2D eigenvalue weighted by Gasteiger charge is 2.45. The number of fused-ring (bicyclic) bond motifs is 2. The average molecular weight is 238 g/mol. The van der Waals surface area contributed by atoms with Gasteiger partial charge in [0.25, 0.3) is 0 Å². The first kappa shape index (κ1) is 6.40. The second kappa shape index (κ2) is 2.09. The predicted octanol–water partition coefficient (Wildman–Crippen LogP) is 1.58. The van der Waals surface area contributed by atoms with Gasteiger partial charge in [-0.1, -0.05) is 22.6 Å². The van der Waals surface area contributed by atoms with Crippen LogP contribution in [-0.4, -0.2) is 15.1 Å². The second-order valence-corrected chi connectivity index (χ2v) is 4.84. The van der Waals surface area contributed by atoms with E-state index < -0.39 is 0 Å². The maximum atomic E-state index is 9.49. The molecule has 9 heavy (non-hydrogen) atoms. The van der Waals surface area contributed by atoms with Crippen LogP contribution in [0.2, 0.25) is 0 Å². The van der Waals surface area contributed by atoms with Gasteiger partial charge in [0.1, 0.15) is 0 Å². The lowest BCUT2D eigenvalue weighted by Crippen LogP contribution is -2.14. The van der Waals surface area contributed by atoms with Gasteiger partial charge < -0.3 is 5.11 Å². The summed E-state index contributed by atoms with van der Waals surface area (Å²) in [5, 5.41) is 9.49. The molecule has 0 radical (unpaired) electrons. The van der Waals surface area contributed by atoms with Gasteiger partial charge in [0.05, 0.1) is 6.10 Å². The fourth-order valence-corrected chi connectivity index (χ4v) is 3.65. The molecule has 2 aliphatic carbocycles. The average Bonchev–Trinajstić information content (AvgIpc) is 2.25. The number of aliphatic hydroxyl groups excluding tert-OH is 1. The zero-order chi connectivity index (χ0) is 6.43. The van der Waals surface area contributed by atoms with Gasteiger partial charge in [0.15, 0.2) is 0 Å². The van der Waals surface area contributed by atoms with Crippen molar-refractivity contribution in [3.05, 3.63) is 0 Å². The van der Waals surface area contributed by atoms with Gasteiger partial charge in [0.2, 0.25) is 0 Å². The van der Waals surface area contributed by atoms with Gasteiger partial charge in [-0.2, -0.15) is 0 Å². The van der Waals surface area contributed by atoms with Crippen molar-refractivity contribution in [1.29, 1.82) is 0 Å². The number of hydrogen-bond donors (Lipinski definition) is 1. The zero-order valence-electron chi connectivity index (χ0n) is 5.26. The molecule has 4 unspecified atom stereocenters. The Labute approximate surface area is 69.0 Å². The lowest BCUT2D eigenvalue weighted by atomic mass is 10.0. The molecule has 1 N–H and O–H groups in total. The number of aliphatic hydroxyl groups is 1. The number of alkyl halides is 1. The monoisotopic (exact) mass is 238 g/mol. The fraction of sp³-hybridized carbons (Fsp3) is 1.00. The molecule has 1 nitrogen and oxygen atoms in total. The summed E-state index contributed by atoms with van der Waals surface area (Å²) in [4.78, 5) is 0. The molecule has 2 bridgehead atoms. The van der Waals surface area contributed by atoms with Crippen LogP contribution in [0.4, 0.5) is 0 Å². The van der Waals surface area contributed by atoms with Crippen molar-refractivity contribution in [1.82, 2.24) is 0 Å². The predicted molar refractivity (Wildman–Crippen MR) is 44.6 cm³/mol. The smallest absolute Gasteiger partial charge is 0.0606 e. The van der Waals surface area contributed by atoms with Crippen LogP contribution in [0.25, 0.3) is 0 Å². The van der Waals surface area contributed by atoms with E-state index >= 15 is 0 Å². The van der Waals surface area contributed by atoms with E-state index in [0.29, 0.717) is 11.8 Å². The van der Waals surface area contributed by atoms with Crippen molar-refractivity contribution in [3.63, 3.8) is 0 Å². The van der Waals surface area contributed by atoms with Crippen LogP contribution in [0.15, 0.2) is 0 Å². The molecular formula is C7H11IO. The maximum Gasteiger partial charge on any atom is 0.0606 e. The minimum absolute atomic E-state index is 0.0619. The summed E-state index contributed by atoms with van der Waals surface area (Å²) in [6.45, 7) is 0. The maximum absolute atomic E-state index is 9.49. The third-order valence-electron chi connectivity index (χ3n) is 2.78. The van der Waals surface area contributed by atoms with Gasteiger partial charge in [-0.3, -0.25) is 0 Å². The first-order chi connectivity index (χ1) is 4.29. The topological polar surface area (TPSA) is 20.2 Å². The molecule has 0 aromatic rings. The van der Waals surface area contributed by atoms with Crippen LogP contribution < -0.4 is 0 Å². The molecule has 0 aromatic carbocycles. The summed E-state index contributed by atoms with van der Waals surface area (Å²) in [7, 11) is 0. The third-order valence-corrected chi connectivity index (χ3v) is 4.22. The molecule has 0 aromatic heterocycles. The van der Waals surface area contributed by atoms with Crippen LogP contribution in [-0.2, 0) is 0 Å². The summed E-state index contributed by atoms with van der Waals surface area (Å²) in [5.74, 6) is 1.31. The summed E-state index contributed by atoms with van der Waals surface area (Å²) in [6.07, 6.45) is 3.89. The Balaban J connectivity index is 2.16. The van der Waals surface area contributed by atoms with Crippen LogP contribution in [0.1, 0.15) is 19.3 Å². The Bertz CT molecular complexity index is 126. The van der Waals surface area contributed by atoms with Crippen LogP contribution in [0.5, 0.6) is 0 Å². The highest BCUT2D eigenvalue weighted by molar-refractivity contribution is 14.1. The summed E-state index contributed by atoms with van der Waals surface area (Å²) < 4.78 is 0.774. The highest BCUT2D eigenvalue weighted by Crippen LogP contribution is 2.47. The molecule has 0 heterocycles. The van der Waals surface area contributed by atoms with E-state index in [1.807, 2.05) is 0 Å². The minimum atomic E-state index is 0.0619. The molecular weight excluding hydrogens is 227 g/mol. The van der Waals surface area contributed by atoms with E-state index in [1.165, 1.54) is 19.3 Å². The quantitative estimate of drug-likeness (QED) is 0.501. The molecule has 2 fully saturated rings. The minimum Gasteiger partial charge on any atom is -0.393 e. The lowest BCUT2D eigenvalue weighted by molar-refractivity contribution is 0.129. The molecule has 0 spiro atoms. The Morgan fingerprint density at radius 3 is 2.33 bits per heavy atom. The fourth-order valence-electron chi connectivity index (χ4n) is 2.21.